The zero-order valence-electron chi connectivity index (χ0n) is 17.4. The highest BCUT2D eigenvalue weighted by atomic mass is 32.2. The van der Waals surface area contributed by atoms with E-state index in [4.69, 9.17) is 14.6 Å². The molecule has 30 heavy (non-hydrogen) atoms. The van der Waals surface area contributed by atoms with Crippen LogP contribution in [0.3, 0.4) is 0 Å². The van der Waals surface area contributed by atoms with Crippen molar-refractivity contribution in [3.8, 4) is 11.5 Å². The molecule has 2 aromatic carbocycles. The maximum atomic E-state index is 10.4. The fraction of sp³-hybridized carbons (Fsp3) is 0.250. The molecule has 1 N–H and O–H groups in total. The van der Waals surface area contributed by atoms with Gasteiger partial charge in [0.15, 0.2) is 9.84 Å². The van der Waals surface area contributed by atoms with Crippen molar-refractivity contribution in [3.63, 3.8) is 0 Å². The quantitative estimate of drug-likeness (QED) is 0.507. The van der Waals surface area contributed by atoms with Gasteiger partial charge in [0.2, 0.25) is 0 Å². The molecule has 1 aliphatic heterocycles. The first-order valence-corrected chi connectivity index (χ1v) is 11.4. The van der Waals surface area contributed by atoms with Gasteiger partial charge < -0.3 is 14.6 Å². The number of rotatable bonds is 7. The lowest BCUT2D eigenvalue weighted by Gasteiger charge is -2.05. The van der Waals surface area contributed by atoms with Crippen LogP contribution in [0.2, 0.25) is 0 Å². The van der Waals surface area contributed by atoms with Crippen LogP contribution in [-0.2, 0) is 14.6 Å². The third-order valence-electron chi connectivity index (χ3n) is 3.81. The van der Waals surface area contributed by atoms with Gasteiger partial charge in [-0.25, -0.2) is 8.42 Å². The van der Waals surface area contributed by atoms with Crippen molar-refractivity contribution in [1.29, 1.82) is 0 Å². The molecule has 0 unspecified atom stereocenters. The molecule has 3 rings (SSSR count). The monoisotopic (exact) mass is 430 g/mol. The molecule has 2 aromatic rings. The molecule has 0 bridgehead atoms. The largest absolute Gasteiger partial charge is 0.508 e. The molecule has 0 aliphatic carbocycles. The van der Waals surface area contributed by atoms with Crippen LogP contribution in [0.15, 0.2) is 73.8 Å². The van der Waals surface area contributed by atoms with E-state index in [2.05, 4.69) is 13.2 Å². The highest BCUT2D eigenvalue weighted by Gasteiger charge is 2.09. The van der Waals surface area contributed by atoms with E-state index in [9.17, 15) is 8.42 Å². The maximum Gasteiger partial charge on any atom is 0.157 e. The minimum Gasteiger partial charge on any atom is -0.508 e. The average molecular weight is 431 g/mol. The van der Waals surface area contributed by atoms with E-state index in [1.165, 1.54) is 0 Å². The van der Waals surface area contributed by atoms with Crippen LogP contribution in [0.25, 0.3) is 12.2 Å². The fourth-order valence-corrected chi connectivity index (χ4v) is 3.17. The first kappa shape index (κ1) is 25.2. The molecule has 0 saturated carbocycles. The third kappa shape index (κ3) is 11.2. The summed E-state index contributed by atoms with van der Waals surface area (Å²) in [5.41, 5.74) is 2.12. The second-order valence-electron chi connectivity index (χ2n) is 6.16. The first-order valence-electron chi connectivity index (χ1n) is 9.60. The molecule has 6 heteroatoms. The molecule has 0 saturated heterocycles. The van der Waals surface area contributed by atoms with Crippen molar-refractivity contribution in [2.45, 2.75) is 6.92 Å². The van der Waals surface area contributed by atoms with Gasteiger partial charge in [-0.1, -0.05) is 61.7 Å². The second kappa shape index (κ2) is 14.2. The number of ether oxygens (including phenoxy) is 2. The van der Waals surface area contributed by atoms with Gasteiger partial charge in [0.1, 0.15) is 18.1 Å². The predicted molar refractivity (Wildman–Crippen MR) is 125 cm³/mol. The van der Waals surface area contributed by atoms with Crippen LogP contribution in [-0.4, -0.2) is 44.9 Å². The van der Waals surface area contributed by atoms with Crippen molar-refractivity contribution in [2.75, 3.05) is 31.3 Å². The Balaban J connectivity index is 0.000000241. The Kier molecular flexibility index (Phi) is 11.9. The van der Waals surface area contributed by atoms with Crippen LogP contribution in [0, 0.1) is 0 Å². The summed E-state index contributed by atoms with van der Waals surface area (Å²) >= 11 is 0. The molecule has 0 aromatic heterocycles. The number of aromatic hydroxyl groups is 1. The summed E-state index contributed by atoms with van der Waals surface area (Å²) in [7, 11) is -2.66. The summed E-state index contributed by atoms with van der Waals surface area (Å²) in [4.78, 5) is 0. The van der Waals surface area contributed by atoms with Gasteiger partial charge in [0.05, 0.1) is 18.1 Å². The zero-order valence-corrected chi connectivity index (χ0v) is 18.2. The summed E-state index contributed by atoms with van der Waals surface area (Å²) < 4.78 is 31.3. The smallest absolute Gasteiger partial charge is 0.157 e. The highest BCUT2D eigenvalue weighted by Crippen LogP contribution is 2.12. The average Bonchev–Trinajstić information content (AvgIpc) is 3.17. The van der Waals surface area contributed by atoms with Gasteiger partial charge in [-0.05, 0) is 42.3 Å². The van der Waals surface area contributed by atoms with Gasteiger partial charge >= 0.3 is 0 Å². The Morgan fingerprint density at radius 2 is 1.40 bits per heavy atom. The number of phenolic OH excluding ortho intramolecular Hbond substituents is 1. The first-order chi connectivity index (χ1) is 14.4. The molecule has 162 valence electrons. The Morgan fingerprint density at radius 3 is 1.80 bits per heavy atom. The van der Waals surface area contributed by atoms with Crippen LogP contribution >= 0.6 is 0 Å². The summed E-state index contributed by atoms with van der Waals surface area (Å²) in [5, 5.41) is 8.82. The lowest BCUT2D eigenvalue weighted by molar-refractivity contribution is 0.110. The molecule has 0 atom stereocenters. The minimum absolute atomic E-state index is 0.243. The van der Waals surface area contributed by atoms with E-state index in [-0.39, 0.29) is 11.5 Å². The maximum absolute atomic E-state index is 10.4. The molecular weight excluding hydrogens is 400 g/mol. The van der Waals surface area contributed by atoms with Crippen molar-refractivity contribution < 1.29 is 23.0 Å². The van der Waals surface area contributed by atoms with Gasteiger partial charge in [-0.15, -0.1) is 0 Å². The molecular formula is C24H30O5S. The van der Waals surface area contributed by atoms with Crippen LogP contribution in [0.1, 0.15) is 18.1 Å². The van der Waals surface area contributed by atoms with Crippen LogP contribution < -0.4 is 4.74 Å². The lowest BCUT2D eigenvalue weighted by atomic mass is 10.2. The number of hydrogen-bond donors (Lipinski definition) is 1. The number of phenols is 1. The highest BCUT2D eigenvalue weighted by molar-refractivity contribution is 7.91. The lowest BCUT2D eigenvalue weighted by Crippen LogP contribution is -2.06. The molecule has 5 nitrogen and oxygen atoms in total. The molecule has 0 amide bonds. The predicted octanol–water partition coefficient (Wildman–Crippen LogP) is 4.75. The van der Waals surface area contributed by atoms with Gasteiger partial charge in [-0.3, -0.25) is 0 Å². The number of sulfone groups is 1. The topological polar surface area (TPSA) is 72.8 Å². The molecule has 1 heterocycles. The number of benzene rings is 2. The number of hydrogen-bond acceptors (Lipinski definition) is 5. The fourth-order valence-electron chi connectivity index (χ4n) is 2.17. The van der Waals surface area contributed by atoms with E-state index in [0.717, 1.165) is 23.5 Å². The van der Waals surface area contributed by atoms with E-state index >= 15 is 0 Å². The Morgan fingerprint density at radius 1 is 0.900 bits per heavy atom. The Bertz CT molecular complexity index is 868. The Labute approximate surface area is 179 Å². The van der Waals surface area contributed by atoms with Gasteiger partial charge in [0, 0.05) is 6.61 Å². The minimum atomic E-state index is -2.66. The summed E-state index contributed by atoms with van der Waals surface area (Å²) in [6.45, 7) is 11.2. The van der Waals surface area contributed by atoms with E-state index < -0.39 is 9.84 Å². The molecule has 0 fully saturated rings. The summed E-state index contributed by atoms with van der Waals surface area (Å²) in [6.07, 6.45) is 6.90. The molecule has 1 aliphatic rings. The van der Waals surface area contributed by atoms with Gasteiger partial charge in [0.25, 0.3) is 0 Å². The second-order valence-corrected chi connectivity index (χ2v) is 8.32. The van der Waals surface area contributed by atoms with Crippen molar-refractivity contribution >= 4 is 22.0 Å². The zero-order chi connectivity index (χ0) is 22.2. The summed E-state index contributed by atoms with van der Waals surface area (Å²) in [5.74, 6) is 1.65. The van der Waals surface area contributed by atoms with Crippen molar-refractivity contribution in [1.82, 2.24) is 0 Å². The van der Waals surface area contributed by atoms with Gasteiger partial charge in [-0.2, -0.15) is 0 Å². The standard InChI is InChI=1S/C12H16O2.C8H8O.C4H6O2S/c1-3-11-5-7-12(8-6-11)14-10-9-13-4-2;1-2-7-3-5-8(9)6-4-7;5-7(6)3-1-2-4-7/h3,5-8H,1,4,9-10H2,2H3;2-6,9H,1H2;1-2H,3-4H2. The third-order valence-corrected chi connectivity index (χ3v) is 5.21. The molecule has 0 spiro atoms. The summed E-state index contributed by atoms with van der Waals surface area (Å²) in [6, 6.07) is 14.7. The van der Waals surface area contributed by atoms with Crippen molar-refractivity contribution in [3.05, 3.63) is 85.0 Å². The molecule has 0 radical (unpaired) electrons. The van der Waals surface area contributed by atoms with E-state index in [1.54, 1.807) is 30.4 Å². The Hall–Kier alpha value is -2.83. The van der Waals surface area contributed by atoms with Crippen LogP contribution in [0.4, 0.5) is 0 Å². The van der Waals surface area contributed by atoms with E-state index in [1.807, 2.05) is 49.4 Å². The SMILES string of the molecule is C=Cc1ccc(O)cc1.C=Cc1ccc(OCCOCC)cc1.O=S1(=O)CC=CC1. The normalized spacial score (nSPS) is 13.2. The van der Waals surface area contributed by atoms with E-state index in [0.29, 0.717) is 19.0 Å². The van der Waals surface area contributed by atoms with Crippen LogP contribution in [0.5, 0.6) is 11.5 Å². The van der Waals surface area contributed by atoms with Crippen molar-refractivity contribution in [2.24, 2.45) is 0 Å².